The highest BCUT2D eigenvalue weighted by Gasteiger charge is 2.20. The normalized spacial score (nSPS) is 16.1. The Bertz CT molecular complexity index is 328. The van der Waals surface area contributed by atoms with Crippen LogP contribution in [-0.4, -0.2) is 25.2 Å². The summed E-state index contributed by atoms with van der Waals surface area (Å²) in [7, 11) is 0. The van der Waals surface area contributed by atoms with E-state index in [1.807, 2.05) is 31.2 Å². The lowest BCUT2D eigenvalue weighted by atomic mass is 10.1. The van der Waals surface area contributed by atoms with Crippen molar-refractivity contribution in [2.75, 3.05) is 13.2 Å². The van der Waals surface area contributed by atoms with Crippen molar-refractivity contribution >= 4 is 5.91 Å². The standard InChI is InChI=1S/C11H13NO2/c1-8-2-4-9(5-3-8)11(13)12-10-6-14-7-10/h2-5,10H,6-7H2,1H3,(H,12,13). The monoisotopic (exact) mass is 191 g/mol. The number of aryl methyl sites for hydroxylation is 1. The molecule has 1 N–H and O–H groups in total. The molecule has 0 saturated carbocycles. The van der Waals surface area contributed by atoms with E-state index in [0.29, 0.717) is 18.8 Å². The first-order valence-electron chi connectivity index (χ1n) is 4.71. The molecule has 0 atom stereocenters. The zero-order valence-corrected chi connectivity index (χ0v) is 8.12. The maximum Gasteiger partial charge on any atom is 0.251 e. The molecule has 1 aliphatic rings. The van der Waals surface area contributed by atoms with Crippen molar-refractivity contribution in [3.05, 3.63) is 35.4 Å². The van der Waals surface area contributed by atoms with Crippen LogP contribution in [0.3, 0.4) is 0 Å². The summed E-state index contributed by atoms with van der Waals surface area (Å²) in [5, 5.41) is 2.89. The van der Waals surface area contributed by atoms with E-state index < -0.39 is 0 Å². The molecule has 0 aromatic heterocycles. The molecular formula is C11H13NO2. The van der Waals surface area contributed by atoms with Gasteiger partial charge in [-0.3, -0.25) is 4.79 Å². The molecule has 0 spiro atoms. The van der Waals surface area contributed by atoms with Gasteiger partial charge in [-0.15, -0.1) is 0 Å². The Labute approximate surface area is 83.1 Å². The number of rotatable bonds is 2. The Morgan fingerprint density at radius 2 is 2.00 bits per heavy atom. The minimum atomic E-state index is -0.0155. The van der Waals surface area contributed by atoms with Gasteiger partial charge in [-0.05, 0) is 19.1 Å². The van der Waals surface area contributed by atoms with Crippen molar-refractivity contribution in [3.8, 4) is 0 Å². The fourth-order valence-corrected chi connectivity index (χ4v) is 1.29. The van der Waals surface area contributed by atoms with Crippen molar-refractivity contribution in [1.82, 2.24) is 5.32 Å². The molecule has 1 fully saturated rings. The number of benzene rings is 1. The second-order valence-electron chi connectivity index (χ2n) is 3.57. The molecule has 74 valence electrons. The molecule has 1 aromatic carbocycles. The fourth-order valence-electron chi connectivity index (χ4n) is 1.29. The Balaban J connectivity index is 1.99. The predicted octanol–water partition coefficient (Wildman–Crippen LogP) is 1.12. The minimum absolute atomic E-state index is 0.0155. The Morgan fingerprint density at radius 3 is 2.50 bits per heavy atom. The molecule has 0 aliphatic carbocycles. The molecule has 1 aromatic rings. The van der Waals surface area contributed by atoms with Crippen LogP contribution in [0.15, 0.2) is 24.3 Å². The van der Waals surface area contributed by atoms with Crippen molar-refractivity contribution in [1.29, 1.82) is 0 Å². The molecule has 1 aliphatic heterocycles. The zero-order valence-electron chi connectivity index (χ0n) is 8.12. The predicted molar refractivity (Wildman–Crippen MR) is 53.3 cm³/mol. The lowest BCUT2D eigenvalue weighted by molar-refractivity contribution is -0.00346. The van der Waals surface area contributed by atoms with Gasteiger partial charge in [-0.1, -0.05) is 17.7 Å². The third kappa shape index (κ3) is 1.93. The van der Waals surface area contributed by atoms with Crippen LogP contribution in [-0.2, 0) is 4.74 Å². The first-order valence-corrected chi connectivity index (χ1v) is 4.71. The van der Waals surface area contributed by atoms with Crippen LogP contribution >= 0.6 is 0 Å². The van der Waals surface area contributed by atoms with E-state index in [0.717, 1.165) is 5.56 Å². The van der Waals surface area contributed by atoms with Crippen LogP contribution in [0, 0.1) is 6.92 Å². The Morgan fingerprint density at radius 1 is 1.36 bits per heavy atom. The SMILES string of the molecule is Cc1ccc(C(=O)NC2COC2)cc1. The maximum absolute atomic E-state index is 11.6. The van der Waals surface area contributed by atoms with Gasteiger partial charge in [0, 0.05) is 5.56 Å². The first kappa shape index (κ1) is 9.21. The van der Waals surface area contributed by atoms with Crippen LogP contribution in [0.2, 0.25) is 0 Å². The highest BCUT2D eigenvalue weighted by molar-refractivity contribution is 5.94. The topological polar surface area (TPSA) is 38.3 Å². The third-order valence-corrected chi connectivity index (χ3v) is 2.29. The summed E-state index contributed by atoms with van der Waals surface area (Å²) < 4.78 is 4.98. The summed E-state index contributed by atoms with van der Waals surface area (Å²) in [4.78, 5) is 11.6. The molecule has 14 heavy (non-hydrogen) atoms. The number of carbonyl (C=O) groups excluding carboxylic acids is 1. The van der Waals surface area contributed by atoms with Crippen molar-refractivity contribution in [2.45, 2.75) is 13.0 Å². The number of carbonyl (C=O) groups is 1. The molecule has 3 nitrogen and oxygen atoms in total. The number of nitrogens with one attached hydrogen (secondary N) is 1. The molecule has 0 radical (unpaired) electrons. The van der Waals surface area contributed by atoms with Gasteiger partial charge >= 0.3 is 0 Å². The van der Waals surface area contributed by atoms with E-state index >= 15 is 0 Å². The van der Waals surface area contributed by atoms with Gasteiger partial charge in [0.25, 0.3) is 5.91 Å². The lowest BCUT2D eigenvalue weighted by Gasteiger charge is -2.26. The summed E-state index contributed by atoms with van der Waals surface area (Å²) >= 11 is 0. The van der Waals surface area contributed by atoms with Gasteiger partial charge in [0.1, 0.15) is 0 Å². The summed E-state index contributed by atoms with van der Waals surface area (Å²) in [5.41, 5.74) is 1.87. The van der Waals surface area contributed by atoms with E-state index in [-0.39, 0.29) is 11.9 Å². The largest absolute Gasteiger partial charge is 0.377 e. The Hall–Kier alpha value is -1.35. The molecule has 1 saturated heterocycles. The molecule has 1 heterocycles. The second kappa shape index (κ2) is 3.80. The third-order valence-electron chi connectivity index (χ3n) is 2.29. The average Bonchev–Trinajstić information content (AvgIpc) is 2.12. The second-order valence-corrected chi connectivity index (χ2v) is 3.57. The number of ether oxygens (including phenoxy) is 1. The Kier molecular flexibility index (Phi) is 2.50. The summed E-state index contributed by atoms with van der Waals surface area (Å²) in [6.07, 6.45) is 0. The van der Waals surface area contributed by atoms with Crippen LogP contribution in [0.1, 0.15) is 15.9 Å². The quantitative estimate of drug-likeness (QED) is 0.760. The molecule has 0 unspecified atom stereocenters. The highest BCUT2D eigenvalue weighted by atomic mass is 16.5. The summed E-state index contributed by atoms with van der Waals surface area (Å²) in [6, 6.07) is 7.75. The molecule has 2 rings (SSSR count). The van der Waals surface area contributed by atoms with Crippen molar-refractivity contribution in [3.63, 3.8) is 0 Å². The minimum Gasteiger partial charge on any atom is -0.377 e. The van der Waals surface area contributed by atoms with Gasteiger partial charge < -0.3 is 10.1 Å². The molecular weight excluding hydrogens is 178 g/mol. The number of amides is 1. The van der Waals surface area contributed by atoms with E-state index in [1.54, 1.807) is 0 Å². The van der Waals surface area contributed by atoms with E-state index in [1.165, 1.54) is 0 Å². The fraction of sp³-hybridized carbons (Fsp3) is 0.364. The smallest absolute Gasteiger partial charge is 0.251 e. The molecule has 1 amide bonds. The summed E-state index contributed by atoms with van der Waals surface area (Å²) in [6.45, 7) is 3.27. The highest BCUT2D eigenvalue weighted by Crippen LogP contribution is 2.05. The van der Waals surface area contributed by atoms with E-state index in [4.69, 9.17) is 4.74 Å². The van der Waals surface area contributed by atoms with Crippen LogP contribution in [0.5, 0.6) is 0 Å². The van der Waals surface area contributed by atoms with Crippen LogP contribution < -0.4 is 5.32 Å². The molecule has 3 heteroatoms. The van der Waals surface area contributed by atoms with Crippen LogP contribution in [0.25, 0.3) is 0 Å². The van der Waals surface area contributed by atoms with Crippen molar-refractivity contribution in [2.24, 2.45) is 0 Å². The van der Waals surface area contributed by atoms with Gasteiger partial charge in [0.2, 0.25) is 0 Å². The van der Waals surface area contributed by atoms with Gasteiger partial charge in [-0.2, -0.15) is 0 Å². The first-order chi connectivity index (χ1) is 6.75. The van der Waals surface area contributed by atoms with Crippen LogP contribution in [0.4, 0.5) is 0 Å². The summed E-state index contributed by atoms with van der Waals surface area (Å²) in [5.74, 6) is -0.0155. The molecule has 0 bridgehead atoms. The lowest BCUT2D eigenvalue weighted by Crippen LogP contribution is -2.48. The van der Waals surface area contributed by atoms with Gasteiger partial charge in [-0.25, -0.2) is 0 Å². The maximum atomic E-state index is 11.6. The average molecular weight is 191 g/mol. The van der Waals surface area contributed by atoms with Gasteiger partial charge in [0.05, 0.1) is 19.3 Å². The van der Waals surface area contributed by atoms with Crippen molar-refractivity contribution < 1.29 is 9.53 Å². The number of hydrogen-bond donors (Lipinski definition) is 1. The van der Waals surface area contributed by atoms with Gasteiger partial charge in [0.15, 0.2) is 0 Å². The van der Waals surface area contributed by atoms with E-state index in [9.17, 15) is 4.79 Å². The zero-order chi connectivity index (χ0) is 9.97. The number of hydrogen-bond acceptors (Lipinski definition) is 2. The van der Waals surface area contributed by atoms with E-state index in [2.05, 4.69) is 5.32 Å².